The molecule has 3 rings (SSSR count). The van der Waals surface area contributed by atoms with Crippen molar-refractivity contribution in [2.75, 3.05) is 6.61 Å². The molecule has 0 unspecified atom stereocenters. The molecule has 0 atom stereocenters. The summed E-state index contributed by atoms with van der Waals surface area (Å²) >= 11 is 5.93. The topological polar surface area (TPSA) is 48.7 Å². The zero-order valence-electron chi connectivity index (χ0n) is 11.6. The molecule has 5 heteroatoms. The van der Waals surface area contributed by atoms with Gasteiger partial charge in [-0.1, -0.05) is 41.9 Å². The molecule has 2 aromatic carbocycles. The standard InChI is InChI=1S/C17H13ClO4/c18-14-6-2-4-8-16(14)20-11-17(19)21-10-13-9-12-5-1-3-7-15(12)22-13/h1-9H,10-11H2. The zero-order chi connectivity index (χ0) is 15.4. The van der Waals surface area contributed by atoms with Crippen LogP contribution in [0, 0.1) is 0 Å². The third-order valence-electron chi connectivity index (χ3n) is 3.03. The van der Waals surface area contributed by atoms with Crippen LogP contribution >= 0.6 is 11.6 Å². The predicted molar refractivity (Wildman–Crippen MR) is 83.0 cm³/mol. The van der Waals surface area contributed by atoms with Gasteiger partial charge in [-0.15, -0.1) is 0 Å². The quantitative estimate of drug-likeness (QED) is 0.662. The van der Waals surface area contributed by atoms with Gasteiger partial charge in [-0.25, -0.2) is 4.79 Å². The van der Waals surface area contributed by atoms with E-state index in [1.54, 1.807) is 24.3 Å². The monoisotopic (exact) mass is 316 g/mol. The summed E-state index contributed by atoms with van der Waals surface area (Å²) in [4.78, 5) is 11.7. The van der Waals surface area contributed by atoms with Crippen molar-refractivity contribution in [1.29, 1.82) is 0 Å². The van der Waals surface area contributed by atoms with Crippen molar-refractivity contribution in [2.24, 2.45) is 0 Å². The maximum Gasteiger partial charge on any atom is 0.344 e. The van der Waals surface area contributed by atoms with E-state index < -0.39 is 5.97 Å². The van der Waals surface area contributed by atoms with Crippen LogP contribution in [0.2, 0.25) is 5.02 Å². The second-order valence-electron chi connectivity index (χ2n) is 4.63. The lowest BCUT2D eigenvalue weighted by Crippen LogP contribution is -2.14. The highest BCUT2D eigenvalue weighted by Gasteiger charge is 2.09. The molecule has 0 N–H and O–H groups in total. The first-order valence-corrected chi connectivity index (χ1v) is 7.10. The van der Waals surface area contributed by atoms with Crippen LogP contribution in [0.15, 0.2) is 59.0 Å². The first kappa shape index (κ1) is 14.5. The average molecular weight is 317 g/mol. The summed E-state index contributed by atoms with van der Waals surface area (Å²) in [5.41, 5.74) is 0.765. The molecule has 0 aliphatic heterocycles. The van der Waals surface area contributed by atoms with Crippen molar-refractivity contribution < 1.29 is 18.7 Å². The van der Waals surface area contributed by atoms with Crippen LogP contribution in [-0.4, -0.2) is 12.6 Å². The van der Waals surface area contributed by atoms with E-state index >= 15 is 0 Å². The highest BCUT2D eigenvalue weighted by atomic mass is 35.5. The van der Waals surface area contributed by atoms with Gasteiger partial charge in [0.15, 0.2) is 6.61 Å². The molecule has 0 saturated heterocycles. The van der Waals surface area contributed by atoms with E-state index in [9.17, 15) is 4.79 Å². The number of hydrogen-bond acceptors (Lipinski definition) is 4. The fraction of sp³-hybridized carbons (Fsp3) is 0.118. The minimum absolute atomic E-state index is 0.0688. The van der Waals surface area contributed by atoms with E-state index in [-0.39, 0.29) is 13.2 Å². The number of esters is 1. The number of halogens is 1. The molecule has 0 aliphatic rings. The van der Waals surface area contributed by atoms with Crippen LogP contribution in [0.25, 0.3) is 11.0 Å². The Labute approximate surface area is 132 Å². The highest BCUT2D eigenvalue weighted by Crippen LogP contribution is 2.23. The van der Waals surface area contributed by atoms with Crippen molar-refractivity contribution in [2.45, 2.75) is 6.61 Å². The van der Waals surface area contributed by atoms with Crippen LogP contribution in [0.5, 0.6) is 5.75 Å². The number of rotatable bonds is 5. The molecule has 0 radical (unpaired) electrons. The fourth-order valence-corrected chi connectivity index (χ4v) is 2.19. The number of furan rings is 1. The molecule has 3 aromatic rings. The normalized spacial score (nSPS) is 10.6. The van der Waals surface area contributed by atoms with E-state index in [1.165, 1.54) is 0 Å². The second-order valence-corrected chi connectivity index (χ2v) is 5.04. The Kier molecular flexibility index (Phi) is 4.30. The molecule has 0 fully saturated rings. The minimum atomic E-state index is -0.486. The first-order valence-electron chi connectivity index (χ1n) is 6.73. The van der Waals surface area contributed by atoms with Crippen LogP contribution in [-0.2, 0) is 16.1 Å². The van der Waals surface area contributed by atoms with Gasteiger partial charge < -0.3 is 13.9 Å². The molecule has 22 heavy (non-hydrogen) atoms. The van der Waals surface area contributed by atoms with E-state index in [0.717, 1.165) is 11.0 Å². The Balaban J connectivity index is 1.53. The summed E-state index contributed by atoms with van der Waals surface area (Å²) in [7, 11) is 0. The predicted octanol–water partition coefficient (Wildman–Crippen LogP) is 4.21. The van der Waals surface area contributed by atoms with Crippen molar-refractivity contribution >= 4 is 28.5 Å². The number of carbonyl (C=O) groups excluding carboxylic acids is 1. The van der Waals surface area contributed by atoms with Crippen LogP contribution in [0.3, 0.4) is 0 Å². The minimum Gasteiger partial charge on any atom is -0.480 e. The Morgan fingerprint density at radius 2 is 1.86 bits per heavy atom. The molecule has 1 heterocycles. The molecule has 112 valence electrons. The van der Waals surface area contributed by atoms with Crippen molar-refractivity contribution in [1.82, 2.24) is 0 Å². The third-order valence-corrected chi connectivity index (χ3v) is 3.35. The Bertz CT molecular complexity index is 761. The number of fused-ring (bicyclic) bond motifs is 1. The first-order chi connectivity index (χ1) is 10.7. The number of ether oxygens (including phenoxy) is 2. The molecule has 0 saturated carbocycles. The van der Waals surface area contributed by atoms with Gasteiger partial charge in [0.2, 0.25) is 0 Å². The Morgan fingerprint density at radius 3 is 2.68 bits per heavy atom. The molecule has 1 aromatic heterocycles. The largest absolute Gasteiger partial charge is 0.480 e. The van der Waals surface area contributed by atoms with Crippen LogP contribution < -0.4 is 4.74 Å². The summed E-state index contributed by atoms with van der Waals surface area (Å²) < 4.78 is 16.0. The van der Waals surface area contributed by atoms with Gasteiger partial charge in [-0.05, 0) is 24.3 Å². The van der Waals surface area contributed by atoms with E-state index in [4.69, 9.17) is 25.5 Å². The molecule has 0 amide bonds. The van der Waals surface area contributed by atoms with Gasteiger partial charge in [0, 0.05) is 5.39 Å². The highest BCUT2D eigenvalue weighted by molar-refractivity contribution is 6.32. The second kappa shape index (κ2) is 6.54. The van der Waals surface area contributed by atoms with E-state index in [1.807, 2.05) is 30.3 Å². The maximum absolute atomic E-state index is 11.7. The van der Waals surface area contributed by atoms with Gasteiger partial charge in [0.25, 0.3) is 0 Å². The molecular weight excluding hydrogens is 304 g/mol. The lowest BCUT2D eigenvalue weighted by atomic mass is 10.2. The van der Waals surface area contributed by atoms with E-state index in [0.29, 0.717) is 16.5 Å². The van der Waals surface area contributed by atoms with Crippen molar-refractivity contribution in [3.05, 3.63) is 65.4 Å². The van der Waals surface area contributed by atoms with Crippen molar-refractivity contribution in [3.8, 4) is 5.75 Å². The Morgan fingerprint density at radius 1 is 1.09 bits per heavy atom. The molecular formula is C17H13ClO4. The lowest BCUT2D eigenvalue weighted by Gasteiger charge is -2.07. The molecule has 4 nitrogen and oxygen atoms in total. The number of benzene rings is 2. The molecule has 0 bridgehead atoms. The lowest BCUT2D eigenvalue weighted by molar-refractivity contribution is -0.147. The number of carbonyl (C=O) groups is 1. The summed E-state index contributed by atoms with van der Waals surface area (Å²) in [6.07, 6.45) is 0. The number of para-hydroxylation sites is 2. The van der Waals surface area contributed by atoms with Crippen molar-refractivity contribution in [3.63, 3.8) is 0 Å². The number of hydrogen-bond donors (Lipinski definition) is 0. The van der Waals surface area contributed by atoms with Crippen LogP contribution in [0.1, 0.15) is 5.76 Å². The van der Waals surface area contributed by atoms with Crippen LogP contribution in [0.4, 0.5) is 0 Å². The zero-order valence-corrected chi connectivity index (χ0v) is 12.4. The summed E-state index contributed by atoms with van der Waals surface area (Å²) in [5.74, 6) is 0.553. The van der Waals surface area contributed by atoms with Gasteiger partial charge in [0.1, 0.15) is 23.7 Å². The maximum atomic E-state index is 11.7. The van der Waals surface area contributed by atoms with Gasteiger partial charge in [0.05, 0.1) is 5.02 Å². The third kappa shape index (κ3) is 3.40. The van der Waals surface area contributed by atoms with E-state index in [2.05, 4.69) is 0 Å². The SMILES string of the molecule is O=C(COc1ccccc1Cl)OCc1cc2ccccc2o1. The van der Waals surface area contributed by atoms with Gasteiger partial charge in [-0.3, -0.25) is 0 Å². The summed E-state index contributed by atoms with van der Waals surface area (Å²) in [6.45, 7) is -0.136. The average Bonchev–Trinajstić information content (AvgIpc) is 2.95. The summed E-state index contributed by atoms with van der Waals surface area (Å²) in [6, 6.07) is 16.4. The summed E-state index contributed by atoms with van der Waals surface area (Å²) in [5, 5.41) is 1.42. The fourth-order valence-electron chi connectivity index (χ4n) is 2.00. The molecule has 0 aliphatic carbocycles. The Hall–Kier alpha value is -2.46. The van der Waals surface area contributed by atoms with Gasteiger partial charge >= 0.3 is 5.97 Å². The smallest absolute Gasteiger partial charge is 0.344 e. The molecule has 0 spiro atoms. The van der Waals surface area contributed by atoms with Gasteiger partial charge in [-0.2, -0.15) is 0 Å².